The van der Waals surface area contributed by atoms with Crippen molar-refractivity contribution < 1.29 is 4.39 Å². The topological polar surface area (TPSA) is 49.8 Å². The number of fused-ring (bicyclic) bond motifs is 1. The van der Waals surface area contributed by atoms with Crippen molar-refractivity contribution in [1.82, 2.24) is 20.6 Å². The third kappa shape index (κ3) is 10.7. The van der Waals surface area contributed by atoms with E-state index in [1.807, 2.05) is 18.3 Å². The van der Waals surface area contributed by atoms with Crippen LogP contribution >= 0.6 is 11.6 Å². The summed E-state index contributed by atoms with van der Waals surface area (Å²) in [5, 5.41) is 7.09. The molecule has 0 radical (unpaired) electrons. The molecule has 2 aromatic heterocycles. The van der Waals surface area contributed by atoms with Crippen LogP contribution < -0.4 is 10.6 Å². The van der Waals surface area contributed by atoms with E-state index in [0.29, 0.717) is 5.15 Å². The molecular weight excluding hydrogens is 411 g/mol. The van der Waals surface area contributed by atoms with Gasteiger partial charge in [-0.15, -0.1) is 0 Å². The minimum atomic E-state index is -0.250. The van der Waals surface area contributed by atoms with Crippen molar-refractivity contribution in [1.29, 1.82) is 0 Å². The van der Waals surface area contributed by atoms with Crippen LogP contribution in [0.25, 0.3) is 16.6 Å². The van der Waals surface area contributed by atoms with Crippen LogP contribution in [0.1, 0.15) is 64.9 Å². The minimum Gasteiger partial charge on any atom is -0.390 e. The van der Waals surface area contributed by atoms with Crippen LogP contribution in [0.5, 0.6) is 0 Å². The molecule has 2 aromatic rings. The van der Waals surface area contributed by atoms with Crippen LogP contribution in [-0.2, 0) is 0 Å². The summed E-state index contributed by atoms with van der Waals surface area (Å²) in [6.07, 6.45) is 11.1. The Hall–Kier alpha value is -1.98. The van der Waals surface area contributed by atoms with Gasteiger partial charge in [-0.25, -0.2) is 4.98 Å². The molecule has 0 atom stereocenters. The fourth-order valence-electron chi connectivity index (χ4n) is 3.03. The van der Waals surface area contributed by atoms with Gasteiger partial charge >= 0.3 is 0 Å². The molecular formula is C25H38ClFN4. The lowest BCUT2D eigenvalue weighted by atomic mass is 9.97. The lowest BCUT2D eigenvalue weighted by Crippen LogP contribution is -2.08. The number of unbranched alkanes of at least 4 members (excludes halogenated alkanes) is 1. The average Bonchev–Trinajstić information content (AvgIpc) is 3.34. The van der Waals surface area contributed by atoms with Crippen LogP contribution in [-0.4, -0.2) is 36.3 Å². The molecule has 31 heavy (non-hydrogen) atoms. The highest BCUT2D eigenvalue weighted by atomic mass is 35.5. The Labute approximate surface area is 192 Å². The molecule has 1 aliphatic rings. The van der Waals surface area contributed by atoms with Crippen molar-refractivity contribution in [3.05, 3.63) is 53.5 Å². The molecule has 3 rings (SSSR count). The maximum atomic E-state index is 10.3. The van der Waals surface area contributed by atoms with Gasteiger partial charge in [0.25, 0.3) is 0 Å². The molecule has 1 saturated heterocycles. The lowest BCUT2D eigenvalue weighted by Gasteiger charge is -2.12. The predicted octanol–water partition coefficient (Wildman–Crippen LogP) is 6.72. The third-order valence-electron chi connectivity index (χ3n) is 4.63. The van der Waals surface area contributed by atoms with Crippen molar-refractivity contribution in [2.24, 2.45) is 0 Å². The highest BCUT2D eigenvalue weighted by Gasteiger charge is 2.08. The SMILES string of the molecule is C1CCNC1.C=C(CCC)/C(=C\NCCCC)c1cnc2ccc(Cl)nc2c1.CCF. The molecule has 0 bridgehead atoms. The van der Waals surface area contributed by atoms with E-state index in [1.54, 1.807) is 6.07 Å². The van der Waals surface area contributed by atoms with E-state index in [0.717, 1.165) is 53.6 Å². The molecule has 1 fully saturated rings. The number of pyridine rings is 2. The van der Waals surface area contributed by atoms with Crippen LogP contribution in [0.2, 0.25) is 5.15 Å². The van der Waals surface area contributed by atoms with Crippen molar-refractivity contribution in [2.45, 2.75) is 59.3 Å². The second kappa shape index (κ2) is 16.7. The maximum absolute atomic E-state index is 10.3. The van der Waals surface area contributed by atoms with Gasteiger partial charge in [0.2, 0.25) is 0 Å². The normalized spacial score (nSPS) is 13.1. The van der Waals surface area contributed by atoms with Gasteiger partial charge < -0.3 is 10.6 Å². The molecule has 0 spiro atoms. The maximum Gasteiger partial charge on any atom is 0.129 e. The number of nitrogens with zero attached hydrogens (tertiary/aromatic N) is 2. The first-order valence-electron chi connectivity index (χ1n) is 11.4. The monoisotopic (exact) mass is 448 g/mol. The molecule has 0 aliphatic carbocycles. The summed E-state index contributed by atoms with van der Waals surface area (Å²) in [6.45, 7) is 13.3. The van der Waals surface area contributed by atoms with Gasteiger partial charge in [0, 0.05) is 30.1 Å². The zero-order valence-corrected chi connectivity index (χ0v) is 20.1. The van der Waals surface area contributed by atoms with E-state index in [4.69, 9.17) is 11.6 Å². The van der Waals surface area contributed by atoms with Gasteiger partial charge in [-0.1, -0.05) is 44.9 Å². The van der Waals surface area contributed by atoms with Crippen LogP contribution in [0, 0.1) is 0 Å². The Morgan fingerprint density at radius 3 is 2.48 bits per heavy atom. The standard InChI is InChI=1S/C19H24ClN3.C4H9N.C2H5F/c1-4-6-10-21-13-16(14(3)7-5-2)15-11-18-17(22-12-15)8-9-19(20)23-18;1-2-4-5-3-1;1-2-3/h8-9,11-13,21H,3-7,10H2,1-2H3;5H,1-4H2;2H2,1H3/b16-13+;;. The summed E-state index contributed by atoms with van der Waals surface area (Å²) in [6, 6.07) is 5.68. The van der Waals surface area contributed by atoms with Gasteiger partial charge in [0.05, 0.1) is 17.7 Å². The van der Waals surface area contributed by atoms with Gasteiger partial charge in [0.1, 0.15) is 5.15 Å². The first kappa shape index (κ1) is 27.1. The quantitative estimate of drug-likeness (QED) is 0.267. The average molecular weight is 449 g/mol. The third-order valence-corrected chi connectivity index (χ3v) is 4.84. The van der Waals surface area contributed by atoms with Gasteiger partial charge in [-0.05, 0) is 69.5 Å². The zero-order chi connectivity index (χ0) is 22.9. The molecule has 0 amide bonds. The summed E-state index contributed by atoms with van der Waals surface area (Å²) in [5.41, 5.74) is 4.88. The van der Waals surface area contributed by atoms with Crippen molar-refractivity contribution in [3.63, 3.8) is 0 Å². The Bertz CT molecular complexity index is 796. The number of alkyl halides is 1. The number of rotatable bonds is 8. The number of allylic oxidation sites excluding steroid dienone is 2. The number of nitrogens with one attached hydrogen (secondary N) is 2. The second-order valence-electron chi connectivity index (χ2n) is 7.34. The summed E-state index contributed by atoms with van der Waals surface area (Å²) in [4.78, 5) is 8.86. The van der Waals surface area contributed by atoms with Crippen LogP contribution in [0.15, 0.2) is 42.7 Å². The number of hydrogen-bond donors (Lipinski definition) is 2. The molecule has 1 aliphatic heterocycles. The van der Waals surface area contributed by atoms with Crippen molar-refractivity contribution in [3.8, 4) is 0 Å². The van der Waals surface area contributed by atoms with Gasteiger partial charge in [-0.3, -0.25) is 9.37 Å². The zero-order valence-electron chi connectivity index (χ0n) is 19.3. The Morgan fingerprint density at radius 1 is 1.19 bits per heavy atom. The Morgan fingerprint density at radius 2 is 1.90 bits per heavy atom. The van der Waals surface area contributed by atoms with E-state index in [9.17, 15) is 4.39 Å². The first-order valence-corrected chi connectivity index (χ1v) is 11.8. The molecule has 0 unspecified atom stereocenters. The van der Waals surface area contributed by atoms with Gasteiger partial charge in [-0.2, -0.15) is 0 Å². The van der Waals surface area contributed by atoms with E-state index in [2.05, 4.69) is 47.2 Å². The Balaban J connectivity index is 0.000000506. The summed E-state index contributed by atoms with van der Waals surface area (Å²) in [7, 11) is 0. The molecule has 172 valence electrons. The lowest BCUT2D eigenvalue weighted by molar-refractivity contribution is 0.527. The van der Waals surface area contributed by atoms with E-state index in [1.165, 1.54) is 39.3 Å². The molecule has 4 nitrogen and oxygen atoms in total. The van der Waals surface area contributed by atoms with E-state index in [-0.39, 0.29) is 6.67 Å². The molecule has 6 heteroatoms. The highest BCUT2D eigenvalue weighted by molar-refractivity contribution is 6.29. The summed E-state index contributed by atoms with van der Waals surface area (Å²) < 4.78 is 10.3. The van der Waals surface area contributed by atoms with E-state index >= 15 is 0 Å². The summed E-state index contributed by atoms with van der Waals surface area (Å²) >= 11 is 6.00. The fourth-order valence-corrected chi connectivity index (χ4v) is 3.19. The second-order valence-corrected chi connectivity index (χ2v) is 7.73. The van der Waals surface area contributed by atoms with E-state index < -0.39 is 0 Å². The van der Waals surface area contributed by atoms with Crippen LogP contribution in [0.4, 0.5) is 4.39 Å². The number of hydrogen-bond acceptors (Lipinski definition) is 4. The van der Waals surface area contributed by atoms with Crippen molar-refractivity contribution >= 4 is 28.2 Å². The predicted molar refractivity (Wildman–Crippen MR) is 133 cm³/mol. The Kier molecular flexibility index (Phi) is 14.6. The molecule has 0 saturated carbocycles. The first-order chi connectivity index (χ1) is 15.1. The van der Waals surface area contributed by atoms with Gasteiger partial charge in [0.15, 0.2) is 0 Å². The molecule has 2 N–H and O–H groups in total. The minimum absolute atomic E-state index is 0.250. The summed E-state index contributed by atoms with van der Waals surface area (Å²) in [5.74, 6) is 0. The van der Waals surface area contributed by atoms with Crippen molar-refractivity contribution in [2.75, 3.05) is 26.3 Å². The molecule has 3 heterocycles. The smallest absolute Gasteiger partial charge is 0.129 e. The van der Waals surface area contributed by atoms with Crippen LogP contribution in [0.3, 0.4) is 0 Å². The fraction of sp³-hybridized carbons (Fsp3) is 0.520. The highest BCUT2D eigenvalue weighted by Crippen LogP contribution is 2.26. The molecule has 0 aromatic carbocycles. The number of aromatic nitrogens is 2. The largest absolute Gasteiger partial charge is 0.390 e. The number of halogens is 2.